The summed E-state index contributed by atoms with van der Waals surface area (Å²) in [7, 11) is 0. The number of Topliss-reactive ketones (excluding diaryl/α,β-unsaturated/α-hetero) is 1. The lowest BCUT2D eigenvalue weighted by atomic mass is 9.89. The van der Waals surface area contributed by atoms with Crippen molar-refractivity contribution in [3.05, 3.63) is 82.4 Å². The summed E-state index contributed by atoms with van der Waals surface area (Å²) in [6.45, 7) is 0. The predicted octanol–water partition coefficient (Wildman–Crippen LogP) is 4.14. The third kappa shape index (κ3) is 2.94. The molecule has 2 saturated heterocycles. The maximum atomic E-state index is 14.0. The van der Waals surface area contributed by atoms with Gasteiger partial charge in [0.1, 0.15) is 11.6 Å². The maximum absolute atomic E-state index is 14.0. The average molecular weight is 337 g/mol. The number of hydrogen-bond acceptors (Lipinski definition) is 2. The van der Waals surface area contributed by atoms with E-state index < -0.39 is 0 Å². The van der Waals surface area contributed by atoms with E-state index in [0.29, 0.717) is 22.3 Å². The molecule has 2 atom stereocenters. The topological polar surface area (TPSA) is 29.1 Å². The van der Waals surface area contributed by atoms with Crippen LogP contribution in [-0.2, 0) is 4.79 Å². The second kappa shape index (κ2) is 6.37. The van der Waals surface area contributed by atoms with Gasteiger partial charge in [-0.2, -0.15) is 0 Å². The van der Waals surface area contributed by atoms with Gasteiger partial charge in [0.25, 0.3) is 0 Å². The number of piperidine rings is 1. The van der Waals surface area contributed by atoms with Crippen molar-refractivity contribution in [1.29, 1.82) is 0 Å². The fourth-order valence-electron chi connectivity index (χ4n) is 3.57. The fourth-order valence-corrected chi connectivity index (χ4v) is 3.57. The number of benzene rings is 2. The summed E-state index contributed by atoms with van der Waals surface area (Å²) in [6, 6.07) is 12.6. The first kappa shape index (κ1) is 15.9. The quantitative estimate of drug-likeness (QED) is 0.835. The molecule has 2 aliphatic rings. The number of ketones is 1. The predicted molar refractivity (Wildman–Crippen MR) is 93.7 cm³/mol. The van der Waals surface area contributed by atoms with Crippen molar-refractivity contribution in [2.45, 2.75) is 24.9 Å². The molecular weight excluding hydrogens is 320 g/mol. The van der Waals surface area contributed by atoms with Crippen LogP contribution >= 0.6 is 0 Å². The van der Waals surface area contributed by atoms with Crippen LogP contribution in [0.4, 0.5) is 8.78 Å². The molecular formula is C21H17F2NO. The van der Waals surface area contributed by atoms with Gasteiger partial charge in [0.2, 0.25) is 0 Å². The number of nitrogens with one attached hydrogen (secondary N) is 1. The first-order valence-electron chi connectivity index (χ1n) is 8.36. The number of rotatable bonds is 2. The van der Waals surface area contributed by atoms with Gasteiger partial charge < -0.3 is 5.32 Å². The van der Waals surface area contributed by atoms with Gasteiger partial charge in [-0.1, -0.05) is 36.4 Å². The standard InChI is InChI=1S/C21H17F2NO/c22-17-7-3-1-5-13(17)11-15-19-9-10-20(24-19)16(21(15)25)12-14-6-2-4-8-18(14)23/h1-8,11-12,19-20,24H,9-10H2/b15-11-,16-12+. The lowest BCUT2D eigenvalue weighted by Crippen LogP contribution is -2.42. The Kier molecular flexibility index (Phi) is 4.06. The largest absolute Gasteiger partial charge is 0.303 e. The molecule has 2 heterocycles. The Morgan fingerprint density at radius 2 is 1.24 bits per heavy atom. The Morgan fingerprint density at radius 1 is 0.800 bits per heavy atom. The Balaban J connectivity index is 1.77. The van der Waals surface area contributed by atoms with Crippen LogP contribution in [0.15, 0.2) is 59.7 Å². The zero-order valence-electron chi connectivity index (χ0n) is 13.5. The van der Waals surface area contributed by atoms with Crippen molar-refractivity contribution in [3.8, 4) is 0 Å². The van der Waals surface area contributed by atoms with Gasteiger partial charge >= 0.3 is 0 Å². The molecule has 1 N–H and O–H groups in total. The number of carbonyl (C=O) groups is 1. The van der Waals surface area contributed by atoms with Crippen molar-refractivity contribution in [3.63, 3.8) is 0 Å². The van der Waals surface area contributed by atoms with E-state index in [1.165, 1.54) is 12.1 Å². The van der Waals surface area contributed by atoms with E-state index in [1.807, 2.05) is 0 Å². The van der Waals surface area contributed by atoms with Crippen LogP contribution in [0.5, 0.6) is 0 Å². The highest BCUT2D eigenvalue weighted by Gasteiger charge is 2.40. The molecule has 4 rings (SSSR count). The normalized spacial score (nSPS) is 25.8. The number of hydrogen-bond donors (Lipinski definition) is 1. The third-order valence-corrected chi connectivity index (χ3v) is 4.85. The van der Waals surface area contributed by atoms with Crippen molar-refractivity contribution in [2.24, 2.45) is 0 Å². The van der Waals surface area contributed by atoms with Gasteiger partial charge in [-0.3, -0.25) is 4.79 Å². The van der Waals surface area contributed by atoms with Gasteiger partial charge in [0.05, 0.1) is 0 Å². The van der Waals surface area contributed by atoms with Crippen molar-refractivity contribution < 1.29 is 13.6 Å². The molecule has 0 spiro atoms. The molecule has 2 unspecified atom stereocenters. The molecule has 0 radical (unpaired) electrons. The van der Waals surface area contributed by atoms with Crippen LogP contribution in [0.1, 0.15) is 24.0 Å². The Labute approximate surface area is 144 Å². The number of fused-ring (bicyclic) bond motifs is 2. The van der Waals surface area contributed by atoms with E-state index >= 15 is 0 Å². The maximum Gasteiger partial charge on any atom is 0.188 e. The average Bonchev–Trinajstić information content (AvgIpc) is 3.05. The second-order valence-electron chi connectivity index (χ2n) is 6.42. The van der Waals surface area contributed by atoms with Crippen LogP contribution in [0.3, 0.4) is 0 Å². The monoisotopic (exact) mass is 337 g/mol. The van der Waals surface area contributed by atoms with Crippen molar-refractivity contribution in [2.75, 3.05) is 0 Å². The molecule has 2 bridgehead atoms. The zero-order valence-corrected chi connectivity index (χ0v) is 13.5. The summed E-state index contributed by atoms with van der Waals surface area (Å²) >= 11 is 0. The molecule has 0 aromatic heterocycles. The second-order valence-corrected chi connectivity index (χ2v) is 6.42. The molecule has 0 aliphatic carbocycles. The Hall–Kier alpha value is -2.59. The molecule has 2 aromatic carbocycles. The van der Waals surface area contributed by atoms with E-state index in [9.17, 15) is 13.6 Å². The SMILES string of the molecule is O=C1/C(=C\c2ccccc2F)C2CCC(N2)/C1=C\c1ccccc1F. The number of carbonyl (C=O) groups excluding carboxylic acids is 1. The summed E-state index contributed by atoms with van der Waals surface area (Å²) in [5.41, 5.74) is 1.87. The van der Waals surface area contributed by atoms with Crippen LogP contribution < -0.4 is 5.32 Å². The van der Waals surface area contributed by atoms with Gasteiger partial charge in [-0.15, -0.1) is 0 Å². The Bertz CT molecular complexity index is 829. The van der Waals surface area contributed by atoms with Crippen LogP contribution in [0.25, 0.3) is 12.2 Å². The summed E-state index contributed by atoms with van der Waals surface area (Å²) in [4.78, 5) is 13.0. The minimum atomic E-state index is -0.359. The highest BCUT2D eigenvalue weighted by Crippen LogP contribution is 2.34. The van der Waals surface area contributed by atoms with E-state index in [0.717, 1.165) is 12.8 Å². The van der Waals surface area contributed by atoms with Crippen LogP contribution in [0.2, 0.25) is 0 Å². The van der Waals surface area contributed by atoms with Crippen LogP contribution in [-0.4, -0.2) is 17.9 Å². The van der Waals surface area contributed by atoms with E-state index in [4.69, 9.17) is 0 Å². The molecule has 4 heteroatoms. The third-order valence-electron chi connectivity index (χ3n) is 4.85. The van der Waals surface area contributed by atoms with Crippen LogP contribution in [0, 0.1) is 11.6 Å². The lowest BCUT2D eigenvalue weighted by molar-refractivity contribution is -0.113. The van der Waals surface area contributed by atoms with Gasteiger partial charge in [-0.05, 0) is 37.1 Å². The summed E-state index contributed by atoms with van der Waals surface area (Å²) in [5.74, 6) is -0.845. The molecule has 25 heavy (non-hydrogen) atoms. The summed E-state index contributed by atoms with van der Waals surface area (Å²) < 4.78 is 27.9. The molecule has 0 saturated carbocycles. The minimum Gasteiger partial charge on any atom is -0.303 e. The molecule has 0 amide bonds. The zero-order chi connectivity index (χ0) is 17.4. The summed E-state index contributed by atoms with van der Waals surface area (Å²) in [5, 5.41) is 3.40. The molecule has 2 aliphatic heterocycles. The van der Waals surface area contributed by atoms with Crippen molar-refractivity contribution in [1.82, 2.24) is 5.32 Å². The first-order valence-corrected chi connectivity index (χ1v) is 8.36. The summed E-state index contributed by atoms with van der Waals surface area (Å²) in [6.07, 6.45) is 4.86. The van der Waals surface area contributed by atoms with Gasteiger partial charge in [-0.25, -0.2) is 8.78 Å². The Morgan fingerprint density at radius 3 is 1.68 bits per heavy atom. The van der Waals surface area contributed by atoms with Gasteiger partial charge in [0.15, 0.2) is 5.78 Å². The minimum absolute atomic E-state index is 0.0742. The van der Waals surface area contributed by atoms with Crippen molar-refractivity contribution >= 4 is 17.9 Å². The van der Waals surface area contributed by atoms with Gasteiger partial charge in [0, 0.05) is 34.4 Å². The highest BCUT2D eigenvalue weighted by molar-refractivity contribution is 6.16. The van der Waals surface area contributed by atoms with E-state index in [-0.39, 0.29) is 29.5 Å². The first-order chi connectivity index (χ1) is 12.1. The fraction of sp³-hybridized carbons (Fsp3) is 0.190. The van der Waals surface area contributed by atoms with E-state index in [2.05, 4.69) is 5.32 Å². The lowest BCUT2D eigenvalue weighted by Gasteiger charge is -2.26. The molecule has 126 valence electrons. The highest BCUT2D eigenvalue weighted by atomic mass is 19.1. The smallest absolute Gasteiger partial charge is 0.188 e. The molecule has 2 fully saturated rings. The number of halogens is 2. The molecule has 2 aromatic rings. The molecule has 2 nitrogen and oxygen atoms in total. The van der Waals surface area contributed by atoms with E-state index in [1.54, 1.807) is 48.6 Å².